The Morgan fingerprint density at radius 1 is 1.31 bits per heavy atom. The molecule has 1 aliphatic rings. The van der Waals surface area contributed by atoms with Crippen molar-refractivity contribution in [2.45, 2.75) is 24.4 Å². The zero-order valence-corrected chi connectivity index (χ0v) is 17.4. The predicted octanol–water partition coefficient (Wildman–Crippen LogP) is 3.26. The van der Waals surface area contributed by atoms with E-state index < -0.39 is 5.91 Å². The van der Waals surface area contributed by atoms with Gasteiger partial charge in [-0.15, -0.1) is 11.3 Å². The minimum absolute atomic E-state index is 0.175. The Morgan fingerprint density at radius 2 is 2.10 bits per heavy atom. The second-order valence-electron chi connectivity index (χ2n) is 6.54. The molecule has 0 aliphatic heterocycles. The maximum atomic E-state index is 12.5. The third-order valence-corrected chi connectivity index (χ3v) is 6.88. The number of carbonyl (C=O) groups is 2. The number of carbonyl (C=O) groups excluding carboxylic acids is 2. The lowest BCUT2D eigenvalue weighted by Crippen LogP contribution is -2.19. The van der Waals surface area contributed by atoms with Crippen LogP contribution in [0.4, 0.5) is 5.00 Å². The van der Waals surface area contributed by atoms with Crippen molar-refractivity contribution in [1.82, 2.24) is 9.55 Å². The first-order valence-corrected chi connectivity index (χ1v) is 10.9. The number of ether oxygens (including phenoxy) is 1. The van der Waals surface area contributed by atoms with Crippen molar-refractivity contribution in [3.63, 3.8) is 0 Å². The summed E-state index contributed by atoms with van der Waals surface area (Å²) in [6.45, 7) is 0. The summed E-state index contributed by atoms with van der Waals surface area (Å²) in [7, 11) is 1.62. The number of aromatic nitrogens is 2. The Hall–Kier alpha value is -2.78. The molecular formula is C20H20N4O3S2. The van der Waals surface area contributed by atoms with E-state index in [1.54, 1.807) is 13.3 Å². The number of thioether (sulfide) groups is 1. The van der Waals surface area contributed by atoms with Crippen molar-refractivity contribution in [2.75, 3.05) is 18.2 Å². The number of hydrogen-bond acceptors (Lipinski definition) is 6. The van der Waals surface area contributed by atoms with E-state index in [1.165, 1.54) is 23.1 Å². The van der Waals surface area contributed by atoms with E-state index >= 15 is 0 Å². The van der Waals surface area contributed by atoms with Crippen LogP contribution in [0.1, 0.15) is 27.2 Å². The van der Waals surface area contributed by atoms with Gasteiger partial charge in [0.15, 0.2) is 5.16 Å². The molecule has 7 nitrogen and oxygen atoms in total. The van der Waals surface area contributed by atoms with Crippen LogP contribution in [0.3, 0.4) is 0 Å². The zero-order chi connectivity index (χ0) is 20.4. The average molecular weight is 429 g/mol. The summed E-state index contributed by atoms with van der Waals surface area (Å²) in [6.07, 6.45) is 6.34. The number of hydrogen-bond donors (Lipinski definition) is 2. The number of anilines is 1. The number of imidazole rings is 1. The van der Waals surface area contributed by atoms with Crippen LogP contribution in [-0.4, -0.2) is 34.2 Å². The van der Waals surface area contributed by atoms with Gasteiger partial charge in [0.1, 0.15) is 10.8 Å². The summed E-state index contributed by atoms with van der Waals surface area (Å²) >= 11 is 2.79. The summed E-state index contributed by atoms with van der Waals surface area (Å²) < 4.78 is 7.09. The van der Waals surface area contributed by atoms with Crippen LogP contribution in [0.25, 0.3) is 5.69 Å². The summed E-state index contributed by atoms with van der Waals surface area (Å²) in [5.41, 5.74) is 7.95. The molecule has 0 bridgehead atoms. The molecular weight excluding hydrogens is 408 g/mol. The number of aryl methyl sites for hydroxylation is 1. The lowest BCUT2D eigenvalue weighted by atomic mass is 10.1. The average Bonchev–Trinajstić information content (AvgIpc) is 3.42. The molecule has 0 atom stereocenters. The zero-order valence-electron chi connectivity index (χ0n) is 15.8. The van der Waals surface area contributed by atoms with Crippen molar-refractivity contribution in [3.8, 4) is 11.4 Å². The Kier molecular flexibility index (Phi) is 5.59. The van der Waals surface area contributed by atoms with E-state index in [4.69, 9.17) is 10.5 Å². The summed E-state index contributed by atoms with van der Waals surface area (Å²) in [6, 6.07) is 7.60. The van der Waals surface area contributed by atoms with Gasteiger partial charge >= 0.3 is 0 Å². The molecule has 150 valence electrons. The standard InChI is InChI=1S/C20H20N4O3S2/c1-27-13-7-5-12(6-8-13)24-10-9-22-20(24)28-11-16(25)23-19-17(18(21)26)14-3-2-4-15(14)29-19/h5-10H,2-4,11H2,1H3,(H2,21,26)(H,23,25). The van der Waals surface area contributed by atoms with Gasteiger partial charge in [-0.05, 0) is 49.1 Å². The molecule has 0 saturated heterocycles. The Labute approximate surface area is 176 Å². The van der Waals surface area contributed by atoms with Crippen LogP contribution >= 0.6 is 23.1 Å². The molecule has 0 fully saturated rings. The number of nitrogens with two attached hydrogens (primary N) is 1. The highest BCUT2D eigenvalue weighted by Crippen LogP contribution is 2.39. The highest BCUT2D eigenvalue weighted by Gasteiger charge is 2.26. The van der Waals surface area contributed by atoms with Gasteiger partial charge in [0.25, 0.3) is 5.91 Å². The number of fused-ring (bicyclic) bond motifs is 1. The molecule has 0 unspecified atom stereocenters. The molecule has 1 aromatic carbocycles. The molecule has 4 rings (SSSR count). The summed E-state index contributed by atoms with van der Waals surface area (Å²) in [5, 5.41) is 4.13. The smallest absolute Gasteiger partial charge is 0.251 e. The third kappa shape index (κ3) is 4.01. The molecule has 2 heterocycles. The number of primary amides is 1. The van der Waals surface area contributed by atoms with E-state index in [9.17, 15) is 9.59 Å². The molecule has 2 aromatic heterocycles. The fourth-order valence-corrected chi connectivity index (χ4v) is 5.47. The maximum Gasteiger partial charge on any atom is 0.251 e. The number of thiophene rings is 1. The second kappa shape index (κ2) is 8.30. The molecule has 0 spiro atoms. The lowest BCUT2D eigenvalue weighted by molar-refractivity contribution is -0.113. The molecule has 29 heavy (non-hydrogen) atoms. The highest BCUT2D eigenvalue weighted by molar-refractivity contribution is 7.99. The first kappa shape index (κ1) is 19.5. The monoisotopic (exact) mass is 428 g/mol. The van der Waals surface area contributed by atoms with E-state index in [0.29, 0.717) is 15.7 Å². The SMILES string of the molecule is COc1ccc(-n2ccnc2SCC(=O)Nc2sc3c(c2C(N)=O)CCC3)cc1. The fraction of sp³-hybridized carbons (Fsp3) is 0.250. The number of rotatable bonds is 7. The van der Waals surface area contributed by atoms with Crippen molar-refractivity contribution >= 4 is 39.9 Å². The molecule has 0 saturated carbocycles. The first-order chi connectivity index (χ1) is 14.1. The summed E-state index contributed by atoms with van der Waals surface area (Å²) in [4.78, 5) is 29.9. The number of methoxy groups -OCH3 is 1. The van der Waals surface area contributed by atoms with Gasteiger partial charge < -0.3 is 15.8 Å². The van der Waals surface area contributed by atoms with Gasteiger partial charge in [0, 0.05) is 23.0 Å². The van der Waals surface area contributed by atoms with Gasteiger partial charge in [-0.2, -0.15) is 0 Å². The number of benzene rings is 1. The Balaban J connectivity index is 1.44. The lowest BCUT2D eigenvalue weighted by Gasteiger charge is -2.09. The van der Waals surface area contributed by atoms with E-state index in [1.807, 2.05) is 35.0 Å². The maximum absolute atomic E-state index is 12.5. The predicted molar refractivity (Wildman–Crippen MR) is 114 cm³/mol. The largest absolute Gasteiger partial charge is 0.497 e. The van der Waals surface area contributed by atoms with E-state index in [0.717, 1.165) is 41.1 Å². The Bertz CT molecular complexity index is 1060. The van der Waals surface area contributed by atoms with Gasteiger partial charge in [0.2, 0.25) is 5.91 Å². The van der Waals surface area contributed by atoms with Crippen molar-refractivity contribution < 1.29 is 14.3 Å². The molecule has 2 amide bonds. The fourth-order valence-electron chi connectivity index (χ4n) is 3.38. The minimum atomic E-state index is -0.484. The van der Waals surface area contributed by atoms with Crippen LogP contribution in [-0.2, 0) is 17.6 Å². The van der Waals surface area contributed by atoms with E-state index in [2.05, 4.69) is 10.3 Å². The third-order valence-electron chi connectivity index (χ3n) is 4.71. The molecule has 1 aliphatic carbocycles. The van der Waals surface area contributed by atoms with Crippen molar-refractivity contribution in [1.29, 1.82) is 0 Å². The topological polar surface area (TPSA) is 99.2 Å². The normalized spacial score (nSPS) is 12.6. The van der Waals surface area contributed by atoms with Crippen LogP contribution in [0, 0.1) is 0 Å². The van der Waals surface area contributed by atoms with Gasteiger partial charge in [0.05, 0.1) is 18.4 Å². The van der Waals surface area contributed by atoms with Gasteiger partial charge in [-0.3, -0.25) is 14.2 Å². The van der Waals surface area contributed by atoms with Crippen LogP contribution in [0.15, 0.2) is 41.8 Å². The van der Waals surface area contributed by atoms with Crippen molar-refractivity contribution in [2.24, 2.45) is 5.73 Å². The molecule has 3 N–H and O–H groups in total. The van der Waals surface area contributed by atoms with Crippen LogP contribution in [0.5, 0.6) is 5.75 Å². The number of amides is 2. The first-order valence-electron chi connectivity index (χ1n) is 9.11. The Morgan fingerprint density at radius 3 is 2.83 bits per heavy atom. The second-order valence-corrected chi connectivity index (χ2v) is 8.59. The number of nitrogens with zero attached hydrogens (tertiary/aromatic N) is 2. The van der Waals surface area contributed by atoms with Crippen LogP contribution in [0.2, 0.25) is 0 Å². The highest BCUT2D eigenvalue weighted by atomic mass is 32.2. The minimum Gasteiger partial charge on any atom is -0.497 e. The van der Waals surface area contributed by atoms with Crippen LogP contribution < -0.4 is 15.8 Å². The van der Waals surface area contributed by atoms with Crippen molar-refractivity contribution in [3.05, 3.63) is 52.7 Å². The number of nitrogens with one attached hydrogen (secondary N) is 1. The summed E-state index contributed by atoms with van der Waals surface area (Å²) in [5.74, 6) is 0.271. The van der Waals surface area contributed by atoms with Gasteiger partial charge in [-0.1, -0.05) is 11.8 Å². The molecule has 9 heteroatoms. The quantitative estimate of drug-likeness (QED) is 0.563. The molecule has 3 aromatic rings. The van der Waals surface area contributed by atoms with Gasteiger partial charge in [-0.25, -0.2) is 4.98 Å². The molecule has 0 radical (unpaired) electrons. The van der Waals surface area contributed by atoms with E-state index in [-0.39, 0.29) is 11.7 Å².